The number of nitrogens with zero attached hydrogens (tertiary/aromatic N) is 4. The van der Waals surface area contributed by atoms with E-state index in [9.17, 15) is 0 Å². The Morgan fingerprint density at radius 2 is 2.00 bits per heavy atom. The zero-order chi connectivity index (χ0) is 19.4. The number of aryl methyl sites for hydroxylation is 2. The number of aromatic nitrogens is 4. The fourth-order valence-corrected chi connectivity index (χ4v) is 3.05. The Labute approximate surface area is 173 Å². The number of hydrogen-bond donors (Lipinski definition) is 2. The number of thiocarbonyl (C=S) groups is 1. The van der Waals surface area contributed by atoms with Gasteiger partial charge in [-0.3, -0.25) is 9.36 Å². The van der Waals surface area contributed by atoms with E-state index in [0.717, 1.165) is 23.4 Å². The van der Waals surface area contributed by atoms with Crippen molar-refractivity contribution < 1.29 is 0 Å². The zero-order valence-corrected chi connectivity index (χ0v) is 17.4. The summed E-state index contributed by atoms with van der Waals surface area (Å²) in [7, 11) is 0. The fraction of sp³-hybridized carbons (Fsp3) is 0.278. The van der Waals surface area contributed by atoms with Crippen molar-refractivity contribution in [1.29, 1.82) is 0 Å². The predicted octanol–water partition coefficient (Wildman–Crippen LogP) is 4.25. The Morgan fingerprint density at radius 1 is 1.19 bits per heavy atom. The summed E-state index contributed by atoms with van der Waals surface area (Å²) in [5.41, 5.74) is 3.11. The van der Waals surface area contributed by atoms with Crippen LogP contribution in [0.25, 0.3) is 0 Å². The predicted molar refractivity (Wildman–Crippen MR) is 113 cm³/mol. The summed E-state index contributed by atoms with van der Waals surface area (Å²) in [6, 6.07) is 7.52. The number of nitrogens with one attached hydrogen (secondary N) is 2. The van der Waals surface area contributed by atoms with Gasteiger partial charge in [-0.25, -0.2) is 0 Å². The molecule has 2 heterocycles. The van der Waals surface area contributed by atoms with Crippen LogP contribution in [0.4, 0.5) is 5.82 Å². The van der Waals surface area contributed by atoms with Gasteiger partial charge in [0.05, 0.1) is 22.8 Å². The lowest BCUT2D eigenvalue weighted by molar-refractivity contribution is 0.659. The lowest BCUT2D eigenvalue weighted by Crippen LogP contribution is -2.28. The van der Waals surface area contributed by atoms with E-state index < -0.39 is 0 Å². The molecule has 142 valence electrons. The second kappa shape index (κ2) is 8.73. The van der Waals surface area contributed by atoms with Crippen molar-refractivity contribution >= 4 is 46.4 Å². The third kappa shape index (κ3) is 5.22. The van der Waals surface area contributed by atoms with Gasteiger partial charge in [-0.15, -0.1) is 0 Å². The molecule has 9 heteroatoms. The maximum absolute atomic E-state index is 6.08. The van der Waals surface area contributed by atoms with Gasteiger partial charge in [0.25, 0.3) is 0 Å². The SMILES string of the molecule is CCn1cc(CNC(=S)Nc2cc(C)n(Cc3ccc(Cl)c(Cl)c3)n2)cn1. The van der Waals surface area contributed by atoms with E-state index >= 15 is 0 Å². The normalized spacial score (nSPS) is 10.8. The van der Waals surface area contributed by atoms with Crippen LogP contribution in [0, 0.1) is 6.92 Å². The van der Waals surface area contributed by atoms with Crippen LogP contribution in [-0.4, -0.2) is 24.7 Å². The molecule has 27 heavy (non-hydrogen) atoms. The van der Waals surface area contributed by atoms with E-state index in [1.807, 2.05) is 53.8 Å². The van der Waals surface area contributed by atoms with Crippen LogP contribution in [-0.2, 0) is 19.6 Å². The molecular formula is C18H20Cl2N6S. The van der Waals surface area contributed by atoms with E-state index in [1.54, 1.807) is 6.07 Å². The van der Waals surface area contributed by atoms with Crippen LogP contribution in [0.3, 0.4) is 0 Å². The van der Waals surface area contributed by atoms with E-state index in [0.29, 0.717) is 34.1 Å². The smallest absolute Gasteiger partial charge is 0.172 e. The number of halogens is 2. The second-order valence-corrected chi connectivity index (χ2v) is 7.31. The quantitative estimate of drug-likeness (QED) is 0.581. The standard InChI is InChI=1S/C18H20Cl2N6S/c1-3-25-10-14(9-22-25)8-21-18(27)23-17-6-12(2)26(24-17)11-13-4-5-15(19)16(20)7-13/h4-7,9-10H,3,8,11H2,1-2H3,(H2,21,23,24,27). The van der Waals surface area contributed by atoms with Crippen molar-refractivity contribution in [3.05, 3.63) is 63.5 Å². The minimum atomic E-state index is 0.512. The molecule has 0 aliphatic heterocycles. The molecule has 0 radical (unpaired) electrons. The van der Waals surface area contributed by atoms with Crippen LogP contribution in [0.2, 0.25) is 10.0 Å². The maximum Gasteiger partial charge on any atom is 0.172 e. The summed E-state index contributed by atoms with van der Waals surface area (Å²) >= 11 is 17.4. The summed E-state index contributed by atoms with van der Waals surface area (Å²) in [4.78, 5) is 0. The summed E-state index contributed by atoms with van der Waals surface area (Å²) in [6.45, 7) is 6.09. The first-order valence-corrected chi connectivity index (χ1v) is 9.65. The highest BCUT2D eigenvalue weighted by atomic mass is 35.5. The average Bonchev–Trinajstić information content (AvgIpc) is 3.23. The lowest BCUT2D eigenvalue weighted by atomic mass is 10.2. The molecule has 0 bridgehead atoms. The van der Waals surface area contributed by atoms with Gasteiger partial charge in [0.2, 0.25) is 0 Å². The van der Waals surface area contributed by atoms with Gasteiger partial charge in [0, 0.05) is 36.6 Å². The molecule has 0 aliphatic rings. The summed E-state index contributed by atoms with van der Waals surface area (Å²) in [5.74, 6) is 0.689. The van der Waals surface area contributed by atoms with Gasteiger partial charge < -0.3 is 10.6 Å². The first-order valence-electron chi connectivity index (χ1n) is 8.49. The lowest BCUT2D eigenvalue weighted by Gasteiger charge is -2.08. The Morgan fingerprint density at radius 3 is 2.70 bits per heavy atom. The van der Waals surface area contributed by atoms with Gasteiger partial charge in [-0.05, 0) is 43.8 Å². The number of anilines is 1. The third-order valence-electron chi connectivity index (χ3n) is 4.00. The Hall–Kier alpha value is -2.09. The molecule has 0 unspecified atom stereocenters. The van der Waals surface area contributed by atoms with Gasteiger partial charge >= 0.3 is 0 Å². The molecule has 6 nitrogen and oxygen atoms in total. The molecule has 2 aromatic heterocycles. The minimum Gasteiger partial charge on any atom is -0.358 e. The molecule has 0 saturated carbocycles. The molecule has 0 fully saturated rings. The maximum atomic E-state index is 6.08. The van der Waals surface area contributed by atoms with Crippen molar-refractivity contribution in [2.24, 2.45) is 0 Å². The molecule has 3 aromatic rings. The third-order valence-corrected chi connectivity index (χ3v) is 4.99. The van der Waals surface area contributed by atoms with Gasteiger partial charge in [-0.2, -0.15) is 10.2 Å². The molecule has 0 spiro atoms. The Balaban J connectivity index is 1.58. The molecule has 1 aromatic carbocycles. The van der Waals surface area contributed by atoms with E-state index in [2.05, 4.69) is 20.8 Å². The zero-order valence-electron chi connectivity index (χ0n) is 15.0. The van der Waals surface area contributed by atoms with Crippen molar-refractivity contribution in [1.82, 2.24) is 24.9 Å². The molecule has 3 rings (SSSR count). The summed E-state index contributed by atoms with van der Waals surface area (Å²) < 4.78 is 3.76. The summed E-state index contributed by atoms with van der Waals surface area (Å²) in [5, 5.41) is 16.7. The number of benzene rings is 1. The molecule has 2 N–H and O–H groups in total. The van der Waals surface area contributed by atoms with Gasteiger partial charge in [0.1, 0.15) is 0 Å². The largest absolute Gasteiger partial charge is 0.358 e. The van der Waals surface area contributed by atoms with Gasteiger partial charge in [0.15, 0.2) is 10.9 Å². The number of hydrogen-bond acceptors (Lipinski definition) is 3. The highest BCUT2D eigenvalue weighted by Gasteiger charge is 2.08. The van der Waals surface area contributed by atoms with Crippen LogP contribution >= 0.6 is 35.4 Å². The van der Waals surface area contributed by atoms with E-state index in [1.165, 1.54) is 0 Å². The first kappa shape index (κ1) is 19.7. The fourth-order valence-electron chi connectivity index (χ4n) is 2.56. The summed E-state index contributed by atoms with van der Waals surface area (Å²) in [6.07, 6.45) is 3.82. The molecule has 0 saturated heterocycles. The van der Waals surface area contributed by atoms with Crippen LogP contribution in [0.15, 0.2) is 36.7 Å². The second-order valence-electron chi connectivity index (χ2n) is 6.09. The van der Waals surface area contributed by atoms with Crippen LogP contribution in [0.1, 0.15) is 23.7 Å². The molecule has 0 atom stereocenters. The average molecular weight is 423 g/mol. The van der Waals surface area contributed by atoms with Crippen LogP contribution < -0.4 is 10.6 Å². The molecule has 0 amide bonds. The van der Waals surface area contributed by atoms with Gasteiger partial charge in [-0.1, -0.05) is 29.3 Å². The van der Waals surface area contributed by atoms with Crippen molar-refractivity contribution in [2.45, 2.75) is 33.5 Å². The van der Waals surface area contributed by atoms with Crippen molar-refractivity contribution in [3.8, 4) is 0 Å². The monoisotopic (exact) mass is 422 g/mol. The topological polar surface area (TPSA) is 59.7 Å². The first-order chi connectivity index (χ1) is 12.9. The van der Waals surface area contributed by atoms with Crippen molar-refractivity contribution in [3.63, 3.8) is 0 Å². The van der Waals surface area contributed by atoms with Crippen molar-refractivity contribution in [2.75, 3.05) is 5.32 Å². The highest BCUT2D eigenvalue weighted by molar-refractivity contribution is 7.80. The minimum absolute atomic E-state index is 0.512. The Bertz CT molecular complexity index is 949. The number of rotatable bonds is 6. The molecule has 0 aliphatic carbocycles. The van der Waals surface area contributed by atoms with E-state index in [4.69, 9.17) is 35.4 Å². The molecular weight excluding hydrogens is 403 g/mol. The Kier molecular flexibility index (Phi) is 6.36. The highest BCUT2D eigenvalue weighted by Crippen LogP contribution is 2.23. The van der Waals surface area contributed by atoms with E-state index in [-0.39, 0.29) is 0 Å². The van der Waals surface area contributed by atoms with Crippen LogP contribution in [0.5, 0.6) is 0 Å².